The highest BCUT2D eigenvalue weighted by molar-refractivity contribution is 6.20. The summed E-state index contributed by atoms with van der Waals surface area (Å²) >= 11 is 0. The summed E-state index contributed by atoms with van der Waals surface area (Å²) in [6.07, 6.45) is 3.20. The molecule has 0 aliphatic carbocycles. The number of hydrogen-bond donors (Lipinski definition) is 0. The zero-order chi connectivity index (χ0) is 14.5. The Morgan fingerprint density at radius 2 is 1.68 bits per heavy atom. The maximum atomic E-state index is 5.38. The predicted octanol–water partition coefficient (Wildman–Crippen LogP) is 3.30. The average Bonchev–Trinajstić information content (AvgIpc) is 3.24. The third-order valence-corrected chi connectivity index (χ3v) is 4.04. The van der Waals surface area contributed by atoms with Crippen molar-refractivity contribution in [3.8, 4) is 11.1 Å². The van der Waals surface area contributed by atoms with Gasteiger partial charge in [0, 0.05) is 11.1 Å². The minimum atomic E-state index is 0.511. The normalized spacial score (nSPS) is 15.2. The molecule has 1 aromatic heterocycles. The molecule has 2 aliphatic heterocycles. The van der Waals surface area contributed by atoms with E-state index in [-0.39, 0.29) is 0 Å². The molecule has 2 aliphatic rings. The van der Waals surface area contributed by atoms with Gasteiger partial charge in [0.1, 0.15) is 12.9 Å². The van der Waals surface area contributed by atoms with Gasteiger partial charge in [0.05, 0.1) is 11.9 Å². The number of fused-ring (bicyclic) bond motifs is 6. The van der Waals surface area contributed by atoms with Gasteiger partial charge in [-0.15, -0.1) is 5.10 Å². The molecule has 5 rings (SSSR count). The molecular formula is C17H12N4O. The maximum Gasteiger partial charge on any atom is 0.320 e. The number of para-hydroxylation sites is 1. The summed E-state index contributed by atoms with van der Waals surface area (Å²) in [5.74, 6) is 0.937. The molecule has 5 heteroatoms. The molecule has 0 atom stereocenters. The fourth-order valence-corrected chi connectivity index (χ4v) is 3.09. The molecule has 5 nitrogen and oxygen atoms in total. The van der Waals surface area contributed by atoms with Crippen molar-refractivity contribution >= 4 is 17.5 Å². The Balaban J connectivity index is 1.73. The van der Waals surface area contributed by atoms with Crippen LogP contribution in [0.15, 0.2) is 70.5 Å². The second-order valence-electron chi connectivity index (χ2n) is 5.27. The monoisotopic (exact) mass is 288 g/mol. The number of rotatable bonds is 1. The third kappa shape index (κ3) is 1.47. The summed E-state index contributed by atoms with van der Waals surface area (Å²) in [5, 5.41) is 6.50. The molecule has 0 N–H and O–H groups in total. The second kappa shape index (κ2) is 4.21. The molecule has 3 heterocycles. The van der Waals surface area contributed by atoms with Gasteiger partial charge >= 0.3 is 6.01 Å². The Hall–Kier alpha value is -3.08. The zero-order valence-corrected chi connectivity index (χ0v) is 11.7. The number of oxazole rings is 1. The minimum Gasteiger partial charge on any atom is -0.431 e. The number of hydrogen-bond acceptors (Lipinski definition) is 5. The Morgan fingerprint density at radius 1 is 0.909 bits per heavy atom. The topological polar surface area (TPSA) is 44.9 Å². The van der Waals surface area contributed by atoms with E-state index in [1.165, 1.54) is 11.1 Å². The van der Waals surface area contributed by atoms with Gasteiger partial charge in [-0.2, -0.15) is 5.01 Å². The van der Waals surface area contributed by atoms with Gasteiger partial charge in [0.15, 0.2) is 5.84 Å². The van der Waals surface area contributed by atoms with Crippen LogP contribution >= 0.6 is 0 Å². The van der Waals surface area contributed by atoms with Crippen molar-refractivity contribution in [3.05, 3.63) is 66.6 Å². The van der Waals surface area contributed by atoms with E-state index < -0.39 is 0 Å². The molecule has 0 saturated carbocycles. The molecule has 22 heavy (non-hydrogen) atoms. The molecule has 106 valence electrons. The lowest BCUT2D eigenvalue weighted by Crippen LogP contribution is -2.34. The number of anilines is 2. The van der Waals surface area contributed by atoms with Crippen LogP contribution in [0.4, 0.5) is 11.7 Å². The van der Waals surface area contributed by atoms with Crippen LogP contribution in [0.25, 0.3) is 11.1 Å². The molecule has 0 spiro atoms. The van der Waals surface area contributed by atoms with Gasteiger partial charge in [-0.05, 0) is 11.6 Å². The summed E-state index contributed by atoms with van der Waals surface area (Å²) in [4.78, 5) is 6.39. The van der Waals surface area contributed by atoms with Crippen molar-refractivity contribution < 1.29 is 4.42 Å². The highest BCUT2D eigenvalue weighted by Crippen LogP contribution is 2.41. The van der Waals surface area contributed by atoms with Gasteiger partial charge in [0.25, 0.3) is 0 Å². The summed E-state index contributed by atoms with van der Waals surface area (Å²) in [6, 6.07) is 17.3. The predicted molar refractivity (Wildman–Crippen MR) is 84.7 cm³/mol. The Labute approximate surface area is 127 Å². The first kappa shape index (κ1) is 11.6. The Kier molecular flexibility index (Phi) is 2.21. The van der Waals surface area contributed by atoms with Crippen molar-refractivity contribution in [2.24, 2.45) is 5.10 Å². The fraction of sp³-hybridized carbons (Fsp3) is 0.0588. The van der Waals surface area contributed by atoms with Crippen molar-refractivity contribution in [1.29, 1.82) is 0 Å². The van der Waals surface area contributed by atoms with Gasteiger partial charge in [-0.1, -0.05) is 42.5 Å². The first-order chi connectivity index (χ1) is 10.9. The van der Waals surface area contributed by atoms with E-state index in [9.17, 15) is 0 Å². The standard InChI is InChI=1S/C17H12N4O/c1-2-7-14-12(5-1)13-6-3-4-8-15(13)20-11-21(19-16(14)20)17-18-9-10-22-17/h1-10H,11H2. The van der Waals surface area contributed by atoms with Gasteiger partial charge in [0.2, 0.25) is 0 Å². The molecular weight excluding hydrogens is 276 g/mol. The lowest BCUT2D eigenvalue weighted by Gasteiger charge is -2.29. The smallest absolute Gasteiger partial charge is 0.320 e. The van der Waals surface area contributed by atoms with E-state index >= 15 is 0 Å². The number of nitrogens with zero attached hydrogens (tertiary/aromatic N) is 4. The lowest BCUT2D eigenvalue weighted by atomic mass is 9.93. The van der Waals surface area contributed by atoms with Crippen molar-refractivity contribution in [1.82, 2.24) is 4.98 Å². The molecule has 0 radical (unpaired) electrons. The second-order valence-corrected chi connectivity index (χ2v) is 5.27. The van der Waals surface area contributed by atoms with Crippen LogP contribution < -0.4 is 9.91 Å². The highest BCUT2D eigenvalue weighted by Gasteiger charge is 2.34. The summed E-state index contributed by atoms with van der Waals surface area (Å²) in [7, 11) is 0. The average molecular weight is 288 g/mol. The first-order valence-corrected chi connectivity index (χ1v) is 7.14. The van der Waals surface area contributed by atoms with Crippen molar-refractivity contribution in [2.75, 3.05) is 16.6 Å². The first-order valence-electron chi connectivity index (χ1n) is 7.14. The van der Waals surface area contributed by atoms with Gasteiger partial charge < -0.3 is 9.32 Å². The van der Waals surface area contributed by atoms with E-state index in [0.29, 0.717) is 12.7 Å². The molecule has 0 bridgehead atoms. The van der Waals surface area contributed by atoms with Crippen LogP contribution in [0, 0.1) is 0 Å². The van der Waals surface area contributed by atoms with Crippen LogP contribution in [0.1, 0.15) is 5.56 Å². The van der Waals surface area contributed by atoms with Crippen LogP contribution in [-0.4, -0.2) is 17.5 Å². The van der Waals surface area contributed by atoms with E-state index in [1.807, 2.05) is 6.07 Å². The van der Waals surface area contributed by atoms with Crippen molar-refractivity contribution in [3.63, 3.8) is 0 Å². The van der Waals surface area contributed by atoms with Gasteiger partial charge in [-0.3, -0.25) is 0 Å². The maximum absolute atomic E-state index is 5.38. The fourth-order valence-electron chi connectivity index (χ4n) is 3.09. The molecule has 2 aromatic carbocycles. The lowest BCUT2D eigenvalue weighted by molar-refractivity contribution is 0.544. The molecule has 0 unspecified atom stereocenters. The summed E-state index contributed by atoms with van der Waals surface area (Å²) < 4.78 is 5.38. The van der Waals surface area contributed by atoms with Crippen molar-refractivity contribution in [2.45, 2.75) is 0 Å². The summed E-state index contributed by atoms with van der Waals surface area (Å²) in [5.41, 5.74) is 4.73. The van der Waals surface area contributed by atoms with E-state index in [0.717, 1.165) is 17.1 Å². The SMILES string of the molecule is c1ccc2c(c1)C1=NN(c3ncco3)CN1c1ccccc1-2. The quantitative estimate of drug-likeness (QED) is 0.689. The number of aromatic nitrogens is 1. The minimum absolute atomic E-state index is 0.511. The number of benzene rings is 2. The third-order valence-electron chi connectivity index (χ3n) is 4.04. The van der Waals surface area contributed by atoms with Crippen LogP contribution in [0.2, 0.25) is 0 Å². The number of amidine groups is 1. The molecule has 3 aromatic rings. The van der Waals surface area contributed by atoms with Crippen LogP contribution in [0.5, 0.6) is 0 Å². The van der Waals surface area contributed by atoms with E-state index in [4.69, 9.17) is 9.52 Å². The summed E-state index contributed by atoms with van der Waals surface area (Å²) in [6.45, 7) is 0.598. The Morgan fingerprint density at radius 3 is 2.50 bits per heavy atom. The Bertz CT molecular complexity index is 885. The van der Waals surface area contributed by atoms with E-state index in [1.54, 1.807) is 17.5 Å². The zero-order valence-electron chi connectivity index (χ0n) is 11.7. The largest absolute Gasteiger partial charge is 0.431 e. The van der Waals surface area contributed by atoms with E-state index in [2.05, 4.69) is 52.3 Å². The highest BCUT2D eigenvalue weighted by atomic mass is 16.4. The van der Waals surface area contributed by atoms with Gasteiger partial charge in [-0.25, -0.2) is 4.98 Å². The van der Waals surface area contributed by atoms with Crippen LogP contribution in [0.3, 0.4) is 0 Å². The van der Waals surface area contributed by atoms with Crippen LogP contribution in [-0.2, 0) is 0 Å². The molecule has 0 saturated heterocycles. The molecule has 0 amide bonds. The number of hydrazone groups is 1. The molecule has 0 fully saturated rings.